The molecule has 0 spiro atoms. The zero-order chi connectivity index (χ0) is 19.5. The molecule has 1 aromatic carbocycles. The van der Waals surface area contributed by atoms with Gasteiger partial charge in [-0.15, -0.1) is 0 Å². The minimum atomic E-state index is -0.289. The van der Waals surface area contributed by atoms with E-state index in [1.54, 1.807) is 43.8 Å². The summed E-state index contributed by atoms with van der Waals surface area (Å²) >= 11 is 0. The molecule has 0 fully saturated rings. The molecule has 142 valence electrons. The summed E-state index contributed by atoms with van der Waals surface area (Å²) in [7, 11) is 1.57. The molecule has 0 aliphatic heterocycles. The number of benzene rings is 1. The zero-order valence-electron chi connectivity index (χ0n) is 15.0. The van der Waals surface area contributed by atoms with Crippen molar-refractivity contribution < 1.29 is 9.18 Å². The van der Waals surface area contributed by atoms with E-state index in [0.29, 0.717) is 35.0 Å². The van der Waals surface area contributed by atoms with Crippen LogP contribution in [0.2, 0.25) is 0 Å². The van der Waals surface area contributed by atoms with E-state index in [1.165, 1.54) is 10.7 Å². The number of aromatic nitrogens is 6. The van der Waals surface area contributed by atoms with Gasteiger partial charge in [-0.2, -0.15) is 15.2 Å². The lowest BCUT2D eigenvalue weighted by Gasteiger charge is -2.07. The Morgan fingerprint density at radius 2 is 2.11 bits per heavy atom. The normalized spacial score (nSPS) is 10.9. The fraction of sp³-hybridized carbons (Fsp3) is 0.167. The van der Waals surface area contributed by atoms with Gasteiger partial charge in [-0.1, -0.05) is 18.2 Å². The van der Waals surface area contributed by atoms with Crippen LogP contribution in [0.3, 0.4) is 0 Å². The lowest BCUT2D eigenvalue weighted by molar-refractivity contribution is -0.121. The average molecular weight is 380 g/mol. The second-order valence-corrected chi connectivity index (χ2v) is 6.12. The number of carbonyl (C=O) groups excluding carboxylic acids is 1. The number of rotatable bonds is 6. The van der Waals surface area contributed by atoms with Crippen LogP contribution in [0.25, 0.3) is 11.0 Å². The van der Waals surface area contributed by atoms with Gasteiger partial charge in [-0.25, -0.2) is 9.37 Å². The van der Waals surface area contributed by atoms with Crippen molar-refractivity contribution >= 4 is 28.6 Å². The van der Waals surface area contributed by atoms with Crippen LogP contribution >= 0.6 is 0 Å². The highest BCUT2D eigenvalue weighted by atomic mass is 19.1. The molecule has 1 amide bonds. The SMILES string of the molecule is CNC(=O)Cn1cc(Nc2nc(Cc3ccccc3F)c3cn[nH]c3n2)cn1. The molecule has 0 unspecified atom stereocenters. The Morgan fingerprint density at radius 3 is 2.93 bits per heavy atom. The second kappa shape index (κ2) is 7.43. The number of likely N-dealkylation sites (N-methyl/N-ethyl adjacent to an activating group) is 1. The summed E-state index contributed by atoms with van der Waals surface area (Å²) in [5.41, 5.74) is 2.35. The molecule has 0 radical (unpaired) electrons. The van der Waals surface area contributed by atoms with Gasteiger partial charge >= 0.3 is 0 Å². The Balaban J connectivity index is 1.62. The maximum absolute atomic E-state index is 14.1. The van der Waals surface area contributed by atoms with E-state index in [4.69, 9.17) is 0 Å². The van der Waals surface area contributed by atoms with Crippen molar-refractivity contribution in [3.63, 3.8) is 0 Å². The summed E-state index contributed by atoms with van der Waals surface area (Å²) in [6, 6.07) is 6.57. The number of hydrogen-bond acceptors (Lipinski definition) is 6. The quantitative estimate of drug-likeness (QED) is 0.470. The number of aromatic amines is 1. The maximum atomic E-state index is 14.1. The molecular weight excluding hydrogens is 363 g/mol. The number of fused-ring (bicyclic) bond motifs is 1. The van der Waals surface area contributed by atoms with Gasteiger partial charge in [0.05, 0.1) is 29.2 Å². The minimum absolute atomic E-state index is 0.108. The molecule has 3 heterocycles. The number of nitrogens with zero attached hydrogens (tertiary/aromatic N) is 5. The second-order valence-electron chi connectivity index (χ2n) is 6.12. The first kappa shape index (κ1) is 17.6. The molecule has 0 atom stereocenters. The van der Waals surface area contributed by atoms with Gasteiger partial charge in [0.2, 0.25) is 11.9 Å². The predicted molar refractivity (Wildman–Crippen MR) is 100 cm³/mol. The lowest BCUT2D eigenvalue weighted by atomic mass is 10.1. The Kier molecular flexibility index (Phi) is 4.67. The van der Waals surface area contributed by atoms with E-state index >= 15 is 0 Å². The summed E-state index contributed by atoms with van der Waals surface area (Å²) in [6.45, 7) is 0.108. The van der Waals surface area contributed by atoms with E-state index in [9.17, 15) is 9.18 Å². The Labute approximate surface area is 159 Å². The van der Waals surface area contributed by atoms with Crippen LogP contribution in [-0.4, -0.2) is 42.9 Å². The molecule has 4 aromatic rings. The first-order valence-corrected chi connectivity index (χ1v) is 8.56. The van der Waals surface area contributed by atoms with Gasteiger partial charge in [0, 0.05) is 19.7 Å². The van der Waals surface area contributed by atoms with Crippen LogP contribution in [0.4, 0.5) is 16.0 Å². The monoisotopic (exact) mass is 380 g/mol. The number of H-pyrrole nitrogens is 1. The topological polar surface area (TPSA) is 113 Å². The number of nitrogens with one attached hydrogen (secondary N) is 3. The van der Waals surface area contributed by atoms with E-state index < -0.39 is 0 Å². The average Bonchev–Trinajstić information content (AvgIpc) is 3.33. The third kappa shape index (κ3) is 3.65. The lowest BCUT2D eigenvalue weighted by Crippen LogP contribution is -2.23. The first-order chi connectivity index (χ1) is 13.6. The molecule has 3 aromatic heterocycles. The molecule has 0 saturated heterocycles. The summed E-state index contributed by atoms with van der Waals surface area (Å²) in [5, 5.41) is 17.3. The van der Waals surface area contributed by atoms with E-state index in [0.717, 1.165) is 5.39 Å². The fourth-order valence-corrected chi connectivity index (χ4v) is 2.78. The summed E-state index contributed by atoms with van der Waals surface area (Å²) in [4.78, 5) is 20.4. The molecule has 28 heavy (non-hydrogen) atoms. The highest BCUT2D eigenvalue weighted by Crippen LogP contribution is 2.21. The van der Waals surface area contributed by atoms with Crippen molar-refractivity contribution in [1.29, 1.82) is 0 Å². The number of hydrogen-bond donors (Lipinski definition) is 3. The smallest absolute Gasteiger partial charge is 0.241 e. The van der Waals surface area contributed by atoms with E-state index in [2.05, 4.69) is 35.9 Å². The third-order valence-corrected chi connectivity index (χ3v) is 4.18. The van der Waals surface area contributed by atoms with Crippen molar-refractivity contribution in [1.82, 2.24) is 35.3 Å². The van der Waals surface area contributed by atoms with Crippen molar-refractivity contribution in [2.24, 2.45) is 0 Å². The largest absolute Gasteiger partial charge is 0.358 e. The number of halogens is 1. The van der Waals surface area contributed by atoms with E-state index in [1.807, 2.05) is 0 Å². The summed E-state index contributed by atoms with van der Waals surface area (Å²) < 4.78 is 15.6. The summed E-state index contributed by atoms with van der Waals surface area (Å²) in [5.74, 6) is -0.123. The van der Waals surface area contributed by atoms with Gasteiger partial charge in [0.25, 0.3) is 0 Å². The standard InChI is InChI=1S/C18H17FN8O/c1-20-16(28)10-27-9-12(7-22-27)23-18-24-15(13-8-21-26-17(13)25-18)6-11-4-2-3-5-14(11)19/h2-5,7-9H,6,10H2,1H3,(H,20,28)(H2,21,23,24,25,26). The van der Waals surface area contributed by atoms with Crippen molar-refractivity contribution in [3.05, 3.63) is 59.9 Å². The number of anilines is 2. The van der Waals surface area contributed by atoms with Crippen molar-refractivity contribution in [2.75, 3.05) is 12.4 Å². The number of amides is 1. The molecular formula is C18H17FN8O. The summed E-state index contributed by atoms with van der Waals surface area (Å²) in [6.07, 6.45) is 5.17. The van der Waals surface area contributed by atoms with Crippen LogP contribution in [0, 0.1) is 5.82 Å². The van der Waals surface area contributed by atoms with Gasteiger partial charge in [-0.05, 0) is 11.6 Å². The molecule has 0 saturated carbocycles. The van der Waals surface area contributed by atoms with Crippen LogP contribution in [0.1, 0.15) is 11.3 Å². The Morgan fingerprint density at radius 1 is 1.25 bits per heavy atom. The molecule has 3 N–H and O–H groups in total. The van der Waals surface area contributed by atoms with Crippen LogP contribution < -0.4 is 10.6 Å². The minimum Gasteiger partial charge on any atom is -0.358 e. The van der Waals surface area contributed by atoms with Crippen LogP contribution in [0.15, 0.2) is 42.9 Å². The Hall–Kier alpha value is -3.82. The first-order valence-electron chi connectivity index (χ1n) is 8.56. The van der Waals surface area contributed by atoms with Crippen LogP contribution in [0.5, 0.6) is 0 Å². The Bertz CT molecular complexity index is 1140. The van der Waals surface area contributed by atoms with Gasteiger partial charge in [0.1, 0.15) is 12.4 Å². The predicted octanol–water partition coefficient (Wildman–Crippen LogP) is 1.77. The maximum Gasteiger partial charge on any atom is 0.241 e. The van der Waals surface area contributed by atoms with E-state index in [-0.39, 0.29) is 18.3 Å². The molecule has 0 aliphatic carbocycles. The van der Waals surface area contributed by atoms with Gasteiger partial charge in [-0.3, -0.25) is 14.6 Å². The zero-order valence-corrected chi connectivity index (χ0v) is 15.0. The van der Waals surface area contributed by atoms with Gasteiger partial charge < -0.3 is 10.6 Å². The highest BCUT2D eigenvalue weighted by Gasteiger charge is 2.13. The van der Waals surface area contributed by atoms with Crippen molar-refractivity contribution in [3.8, 4) is 0 Å². The molecule has 10 heteroatoms. The highest BCUT2D eigenvalue weighted by molar-refractivity contribution is 5.78. The molecule has 4 rings (SSSR count). The van der Waals surface area contributed by atoms with Crippen molar-refractivity contribution in [2.45, 2.75) is 13.0 Å². The molecule has 0 bridgehead atoms. The molecule has 0 aliphatic rings. The van der Waals surface area contributed by atoms with Gasteiger partial charge in [0.15, 0.2) is 5.65 Å². The van der Waals surface area contributed by atoms with Crippen LogP contribution in [-0.2, 0) is 17.8 Å². The molecule has 9 nitrogen and oxygen atoms in total. The fourth-order valence-electron chi connectivity index (χ4n) is 2.78. The number of carbonyl (C=O) groups is 1. The third-order valence-electron chi connectivity index (χ3n) is 4.18.